The van der Waals surface area contributed by atoms with Crippen molar-refractivity contribution in [2.75, 3.05) is 0 Å². The molecule has 2 aromatic rings. The zero-order valence-corrected chi connectivity index (χ0v) is 9.65. The molecular weight excluding hydrogens is 294 g/mol. The minimum absolute atomic E-state index is 0.0903. The maximum atomic E-state index is 11.5. The summed E-state index contributed by atoms with van der Waals surface area (Å²) in [6.45, 7) is -1.08. The fourth-order valence-electron chi connectivity index (χ4n) is 1.01. The number of rotatable bonds is 2. The number of aromatic nitrogens is 6. The molecule has 0 fully saturated rings. The van der Waals surface area contributed by atoms with Gasteiger partial charge in [0.05, 0.1) is 18.3 Å². The number of hydrogen-bond acceptors (Lipinski definition) is 4. The van der Waals surface area contributed by atoms with Crippen molar-refractivity contribution in [1.29, 1.82) is 0 Å². The van der Waals surface area contributed by atoms with E-state index >= 15 is 0 Å². The summed E-state index contributed by atoms with van der Waals surface area (Å²) in [5.41, 5.74) is -0.0903. The Kier molecular flexibility index (Phi) is 5.05. The summed E-state index contributed by atoms with van der Waals surface area (Å²) in [6, 6.07) is 0. The lowest BCUT2D eigenvalue weighted by atomic mass is 10.3. The van der Waals surface area contributed by atoms with Crippen LogP contribution in [-0.4, -0.2) is 42.5 Å². The quantitative estimate of drug-likeness (QED) is 0.858. The summed E-state index contributed by atoms with van der Waals surface area (Å²) in [5.74, 6) is 0. The van der Waals surface area contributed by atoms with Gasteiger partial charge in [-0.2, -0.15) is 46.9 Å². The van der Waals surface area contributed by atoms with Gasteiger partial charge in [-0.15, -0.1) is 0 Å². The topological polar surface area (TPSA) is 72.3 Å². The molecule has 2 heterocycles. The normalized spacial score (nSPS) is 11.9. The first-order valence-corrected chi connectivity index (χ1v) is 4.96. The first-order chi connectivity index (χ1) is 9.16. The Hall–Kier alpha value is -2.14. The summed E-state index contributed by atoms with van der Waals surface area (Å²) in [6.07, 6.45) is -6.30. The molecule has 0 unspecified atom stereocenters. The third-order valence-corrected chi connectivity index (χ3v) is 1.65. The molecular formula is C8H8F6N6. The van der Waals surface area contributed by atoms with Gasteiger partial charge in [0.25, 0.3) is 0 Å². The van der Waals surface area contributed by atoms with Crippen LogP contribution in [0.15, 0.2) is 18.9 Å². The van der Waals surface area contributed by atoms with Gasteiger partial charge in [-0.25, -0.2) is 9.67 Å². The number of nitrogens with one attached hydrogen (secondary N) is 1. The predicted molar refractivity (Wildman–Crippen MR) is 52.2 cm³/mol. The molecule has 6 nitrogen and oxygen atoms in total. The summed E-state index contributed by atoms with van der Waals surface area (Å²) < 4.78 is 69.9. The standard InChI is InChI=1S/2C4H4F3N3/c5-4(6,7)1-10-3-8-2-9-10;5-4(6,7)1-3-2-8-10-9-3/h2-3H,1H2;2H,1H2,(H,8,9,10). The molecule has 0 radical (unpaired) electrons. The van der Waals surface area contributed by atoms with E-state index in [1.54, 1.807) is 0 Å². The van der Waals surface area contributed by atoms with Crippen molar-refractivity contribution in [2.24, 2.45) is 0 Å². The number of nitrogens with zero attached hydrogens (tertiary/aromatic N) is 5. The van der Waals surface area contributed by atoms with Crippen molar-refractivity contribution in [1.82, 2.24) is 30.2 Å². The van der Waals surface area contributed by atoms with E-state index < -0.39 is 25.3 Å². The van der Waals surface area contributed by atoms with Gasteiger partial charge in [0.1, 0.15) is 19.2 Å². The van der Waals surface area contributed by atoms with E-state index in [1.807, 2.05) is 0 Å². The van der Waals surface area contributed by atoms with Gasteiger partial charge < -0.3 is 0 Å². The van der Waals surface area contributed by atoms with Crippen molar-refractivity contribution >= 4 is 0 Å². The van der Waals surface area contributed by atoms with Crippen molar-refractivity contribution in [3.8, 4) is 0 Å². The SMILES string of the molecule is FC(F)(F)Cc1cn[nH]n1.FC(F)(F)Cn1cncn1. The van der Waals surface area contributed by atoms with Crippen LogP contribution in [0.1, 0.15) is 5.69 Å². The molecule has 0 spiro atoms. The molecule has 112 valence electrons. The van der Waals surface area contributed by atoms with Crippen molar-refractivity contribution in [3.63, 3.8) is 0 Å². The molecule has 0 amide bonds. The third-order valence-electron chi connectivity index (χ3n) is 1.65. The van der Waals surface area contributed by atoms with E-state index in [-0.39, 0.29) is 5.69 Å². The molecule has 0 saturated carbocycles. The highest BCUT2D eigenvalue weighted by atomic mass is 19.4. The number of halogens is 6. The summed E-state index contributed by atoms with van der Waals surface area (Å²) in [7, 11) is 0. The monoisotopic (exact) mass is 302 g/mol. The molecule has 12 heteroatoms. The van der Waals surface area contributed by atoms with Crippen LogP contribution in [0.4, 0.5) is 26.3 Å². The zero-order valence-electron chi connectivity index (χ0n) is 9.65. The fourth-order valence-corrected chi connectivity index (χ4v) is 1.01. The van der Waals surface area contributed by atoms with Crippen LogP contribution < -0.4 is 0 Å². The fraction of sp³-hybridized carbons (Fsp3) is 0.500. The van der Waals surface area contributed by atoms with E-state index in [1.165, 1.54) is 0 Å². The Balaban J connectivity index is 0.000000200. The predicted octanol–water partition coefficient (Wildman–Crippen LogP) is 1.75. The zero-order chi connectivity index (χ0) is 15.2. The Labute approximate surface area is 107 Å². The molecule has 0 aliphatic carbocycles. The van der Waals surface area contributed by atoms with Gasteiger partial charge in [-0.3, -0.25) is 0 Å². The summed E-state index contributed by atoms with van der Waals surface area (Å²) >= 11 is 0. The Bertz CT molecular complexity index is 426. The molecule has 0 bridgehead atoms. The molecule has 2 rings (SSSR count). The molecule has 1 N–H and O–H groups in total. The van der Waals surface area contributed by atoms with Crippen LogP contribution in [0.25, 0.3) is 0 Å². The smallest absolute Gasteiger partial charge is 0.244 e. The van der Waals surface area contributed by atoms with Crippen molar-refractivity contribution in [2.45, 2.75) is 25.3 Å². The average Bonchev–Trinajstić information content (AvgIpc) is 2.87. The maximum absolute atomic E-state index is 11.5. The number of alkyl halides is 6. The van der Waals surface area contributed by atoms with Crippen LogP contribution in [-0.2, 0) is 13.0 Å². The highest BCUT2D eigenvalue weighted by Gasteiger charge is 2.29. The van der Waals surface area contributed by atoms with Gasteiger partial charge >= 0.3 is 12.4 Å². The lowest BCUT2D eigenvalue weighted by Crippen LogP contribution is -2.17. The molecule has 0 saturated heterocycles. The minimum atomic E-state index is -4.21. The van der Waals surface area contributed by atoms with Gasteiger partial charge in [-0.1, -0.05) is 0 Å². The molecule has 0 aliphatic rings. The molecule has 0 aromatic carbocycles. The highest BCUT2D eigenvalue weighted by Crippen LogP contribution is 2.19. The summed E-state index contributed by atoms with van der Waals surface area (Å²) in [5, 5.41) is 11.9. The van der Waals surface area contributed by atoms with Crippen LogP contribution >= 0.6 is 0 Å². The minimum Gasteiger partial charge on any atom is -0.244 e. The van der Waals surface area contributed by atoms with E-state index in [0.717, 1.165) is 23.5 Å². The number of H-pyrrole nitrogens is 1. The van der Waals surface area contributed by atoms with E-state index in [4.69, 9.17) is 0 Å². The molecule has 20 heavy (non-hydrogen) atoms. The second-order valence-corrected chi connectivity index (χ2v) is 3.46. The largest absolute Gasteiger partial charge is 0.408 e. The van der Waals surface area contributed by atoms with Gasteiger partial charge in [0, 0.05) is 0 Å². The maximum Gasteiger partial charge on any atom is 0.408 e. The van der Waals surface area contributed by atoms with Gasteiger partial charge in [0.15, 0.2) is 0 Å². The van der Waals surface area contributed by atoms with E-state index in [2.05, 4.69) is 25.5 Å². The average molecular weight is 302 g/mol. The van der Waals surface area contributed by atoms with Crippen molar-refractivity contribution < 1.29 is 26.3 Å². The van der Waals surface area contributed by atoms with Gasteiger partial charge in [0.2, 0.25) is 0 Å². The van der Waals surface area contributed by atoms with Gasteiger partial charge in [-0.05, 0) is 0 Å². The number of aromatic amines is 1. The summed E-state index contributed by atoms with van der Waals surface area (Å²) in [4.78, 5) is 3.36. The Morgan fingerprint density at radius 2 is 1.80 bits per heavy atom. The van der Waals surface area contributed by atoms with E-state index in [9.17, 15) is 26.3 Å². The van der Waals surface area contributed by atoms with Crippen molar-refractivity contribution in [3.05, 3.63) is 24.5 Å². The Morgan fingerprint density at radius 3 is 2.20 bits per heavy atom. The number of hydrogen-bond donors (Lipinski definition) is 1. The first kappa shape index (κ1) is 15.9. The molecule has 2 aromatic heterocycles. The van der Waals surface area contributed by atoms with Crippen LogP contribution in [0.3, 0.4) is 0 Å². The third kappa shape index (κ3) is 7.33. The lowest BCUT2D eigenvalue weighted by molar-refractivity contribution is -0.142. The second-order valence-electron chi connectivity index (χ2n) is 3.46. The van der Waals surface area contributed by atoms with E-state index in [0.29, 0.717) is 0 Å². The Morgan fingerprint density at radius 1 is 1.10 bits per heavy atom. The first-order valence-electron chi connectivity index (χ1n) is 4.96. The molecule has 0 atom stereocenters. The van der Waals surface area contributed by atoms with Crippen LogP contribution in [0, 0.1) is 0 Å². The highest BCUT2D eigenvalue weighted by molar-refractivity contribution is 4.92. The lowest BCUT2D eigenvalue weighted by Gasteiger charge is -2.03. The van der Waals surface area contributed by atoms with Crippen LogP contribution in [0.5, 0.6) is 0 Å². The molecule has 0 aliphatic heterocycles. The van der Waals surface area contributed by atoms with Crippen LogP contribution in [0.2, 0.25) is 0 Å². The second kappa shape index (κ2) is 6.34.